The standard InChI is InChI=1S/C11H10F2O/c1-6-2-3-7-4-8(12)5-9(13)10(7)11(6)14/h4-6H,2-3H2,1H3. The zero-order valence-electron chi connectivity index (χ0n) is 7.81. The van der Waals surface area contributed by atoms with Gasteiger partial charge in [0.05, 0.1) is 5.56 Å². The number of hydrogen-bond donors (Lipinski definition) is 0. The third kappa shape index (κ3) is 1.33. The topological polar surface area (TPSA) is 17.1 Å². The van der Waals surface area contributed by atoms with Crippen LogP contribution < -0.4 is 0 Å². The van der Waals surface area contributed by atoms with Crippen molar-refractivity contribution in [1.82, 2.24) is 0 Å². The minimum absolute atomic E-state index is 0.0881. The molecule has 1 atom stereocenters. The Hall–Kier alpha value is -1.25. The van der Waals surface area contributed by atoms with E-state index in [0.717, 1.165) is 6.07 Å². The van der Waals surface area contributed by atoms with Gasteiger partial charge in [-0.15, -0.1) is 0 Å². The molecule has 1 aliphatic carbocycles. The van der Waals surface area contributed by atoms with E-state index in [-0.39, 0.29) is 17.3 Å². The summed E-state index contributed by atoms with van der Waals surface area (Å²) in [6, 6.07) is 2.02. The highest BCUT2D eigenvalue weighted by Crippen LogP contribution is 2.27. The molecule has 0 fully saturated rings. The molecule has 1 aromatic rings. The number of rotatable bonds is 0. The van der Waals surface area contributed by atoms with E-state index < -0.39 is 11.6 Å². The number of Topliss-reactive ketones (excluding diaryl/α,β-unsaturated/α-hetero) is 1. The van der Waals surface area contributed by atoms with Gasteiger partial charge in [0.1, 0.15) is 11.6 Å². The quantitative estimate of drug-likeness (QED) is 0.623. The van der Waals surface area contributed by atoms with Gasteiger partial charge in [-0.3, -0.25) is 4.79 Å². The molecular formula is C11H10F2O. The Morgan fingerprint density at radius 2 is 2.07 bits per heavy atom. The number of aryl methyl sites for hydroxylation is 1. The molecule has 0 spiro atoms. The Kier molecular flexibility index (Phi) is 2.10. The summed E-state index contributed by atoms with van der Waals surface area (Å²) in [5.41, 5.74) is 0.593. The van der Waals surface area contributed by atoms with Crippen LogP contribution in [0, 0.1) is 17.6 Å². The van der Waals surface area contributed by atoms with E-state index >= 15 is 0 Å². The molecule has 2 rings (SSSR count). The number of hydrogen-bond acceptors (Lipinski definition) is 1. The number of carbonyl (C=O) groups is 1. The number of benzene rings is 1. The van der Waals surface area contributed by atoms with Crippen LogP contribution in [0.1, 0.15) is 29.3 Å². The first-order valence-corrected chi connectivity index (χ1v) is 4.61. The van der Waals surface area contributed by atoms with Crippen molar-refractivity contribution in [3.8, 4) is 0 Å². The molecule has 0 aliphatic heterocycles. The van der Waals surface area contributed by atoms with E-state index in [0.29, 0.717) is 18.4 Å². The van der Waals surface area contributed by atoms with Gasteiger partial charge >= 0.3 is 0 Å². The minimum atomic E-state index is -0.725. The van der Waals surface area contributed by atoms with Crippen LogP contribution in [0.15, 0.2) is 12.1 Å². The van der Waals surface area contributed by atoms with E-state index in [4.69, 9.17) is 0 Å². The fraction of sp³-hybridized carbons (Fsp3) is 0.364. The number of carbonyl (C=O) groups excluding carboxylic acids is 1. The van der Waals surface area contributed by atoms with Crippen LogP contribution in [0.5, 0.6) is 0 Å². The molecule has 1 unspecified atom stereocenters. The fourth-order valence-electron chi connectivity index (χ4n) is 1.85. The molecule has 0 saturated carbocycles. The highest BCUT2D eigenvalue weighted by atomic mass is 19.1. The molecule has 1 nitrogen and oxygen atoms in total. The fourth-order valence-corrected chi connectivity index (χ4v) is 1.85. The van der Waals surface area contributed by atoms with Crippen molar-refractivity contribution < 1.29 is 13.6 Å². The molecular weight excluding hydrogens is 186 g/mol. The van der Waals surface area contributed by atoms with Gasteiger partial charge in [0.2, 0.25) is 0 Å². The van der Waals surface area contributed by atoms with Crippen LogP contribution in [0.25, 0.3) is 0 Å². The first kappa shape index (κ1) is 9.31. The second-order valence-corrected chi connectivity index (χ2v) is 3.73. The lowest BCUT2D eigenvalue weighted by Gasteiger charge is -2.20. The Morgan fingerprint density at radius 3 is 2.79 bits per heavy atom. The molecule has 0 amide bonds. The molecule has 0 N–H and O–H groups in total. The van der Waals surface area contributed by atoms with Gasteiger partial charge in [-0.2, -0.15) is 0 Å². The van der Waals surface area contributed by atoms with Crippen LogP contribution in [0.3, 0.4) is 0 Å². The van der Waals surface area contributed by atoms with Gasteiger partial charge < -0.3 is 0 Å². The Balaban J connectivity index is 2.60. The third-order valence-corrected chi connectivity index (χ3v) is 2.68. The lowest BCUT2D eigenvalue weighted by atomic mass is 9.83. The van der Waals surface area contributed by atoms with Crippen molar-refractivity contribution in [2.24, 2.45) is 5.92 Å². The highest BCUT2D eigenvalue weighted by molar-refractivity contribution is 6.00. The van der Waals surface area contributed by atoms with E-state index in [1.54, 1.807) is 6.92 Å². The highest BCUT2D eigenvalue weighted by Gasteiger charge is 2.27. The molecule has 0 saturated heterocycles. The second-order valence-electron chi connectivity index (χ2n) is 3.73. The maximum Gasteiger partial charge on any atom is 0.168 e. The second kappa shape index (κ2) is 3.15. The molecule has 0 heterocycles. The molecule has 14 heavy (non-hydrogen) atoms. The summed E-state index contributed by atoms with van der Waals surface area (Å²) >= 11 is 0. The van der Waals surface area contributed by atoms with Crippen molar-refractivity contribution in [1.29, 1.82) is 0 Å². The summed E-state index contributed by atoms with van der Waals surface area (Å²) in [7, 11) is 0. The monoisotopic (exact) mass is 196 g/mol. The van der Waals surface area contributed by atoms with Gasteiger partial charge in [0, 0.05) is 12.0 Å². The molecule has 74 valence electrons. The lowest BCUT2D eigenvalue weighted by Crippen LogP contribution is -2.21. The van der Waals surface area contributed by atoms with Gasteiger partial charge in [0.15, 0.2) is 5.78 Å². The SMILES string of the molecule is CC1CCc2cc(F)cc(F)c2C1=O. The van der Waals surface area contributed by atoms with E-state index in [1.165, 1.54) is 6.07 Å². The minimum Gasteiger partial charge on any atom is -0.294 e. The summed E-state index contributed by atoms with van der Waals surface area (Å²) in [5.74, 6) is -1.69. The molecule has 3 heteroatoms. The van der Waals surface area contributed by atoms with Crippen LogP contribution in [0.2, 0.25) is 0 Å². The van der Waals surface area contributed by atoms with Crippen molar-refractivity contribution in [3.05, 3.63) is 34.9 Å². The smallest absolute Gasteiger partial charge is 0.168 e. The van der Waals surface area contributed by atoms with Crippen molar-refractivity contribution in [3.63, 3.8) is 0 Å². The first-order chi connectivity index (χ1) is 6.59. The van der Waals surface area contributed by atoms with Gasteiger partial charge in [-0.25, -0.2) is 8.78 Å². The predicted molar refractivity (Wildman–Crippen MR) is 48.2 cm³/mol. The molecule has 0 aromatic heterocycles. The summed E-state index contributed by atoms with van der Waals surface area (Å²) in [5, 5.41) is 0. The van der Waals surface area contributed by atoms with E-state index in [2.05, 4.69) is 0 Å². The normalized spacial score (nSPS) is 20.8. The molecule has 0 bridgehead atoms. The van der Waals surface area contributed by atoms with Crippen molar-refractivity contribution in [2.45, 2.75) is 19.8 Å². The Morgan fingerprint density at radius 1 is 1.36 bits per heavy atom. The maximum atomic E-state index is 13.3. The molecule has 1 aromatic carbocycles. The van der Waals surface area contributed by atoms with Gasteiger partial charge in [0.25, 0.3) is 0 Å². The maximum absolute atomic E-state index is 13.3. The first-order valence-electron chi connectivity index (χ1n) is 4.61. The van der Waals surface area contributed by atoms with Crippen LogP contribution in [0.4, 0.5) is 8.78 Å². The number of fused-ring (bicyclic) bond motifs is 1. The van der Waals surface area contributed by atoms with Crippen LogP contribution in [-0.2, 0) is 6.42 Å². The summed E-state index contributed by atoms with van der Waals surface area (Å²) in [6.07, 6.45) is 1.26. The van der Waals surface area contributed by atoms with Crippen molar-refractivity contribution >= 4 is 5.78 Å². The third-order valence-electron chi connectivity index (χ3n) is 2.68. The zero-order chi connectivity index (χ0) is 10.3. The van der Waals surface area contributed by atoms with Crippen LogP contribution in [-0.4, -0.2) is 5.78 Å². The molecule has 0 radical (unpaired) electrons. The molecule has 1 aliphatic rings. The van der Waals surface area contributed by atoms with Crippen LogP contribution >= 0.6 is 0 Å². The van der Waals surface area contributed by atoms with E-state index in [1.807, 2.05) is 0 Å². The summed E-state index contributed by atoms with van der Waals surface area (Å²) < 4.78 is 26.1. The largest absolute Gasteiger partial charge is 0.294 e. The van der Waals surface area contributed by atoms with E-state index in [9.17, 15) is 13.6 Å². The Bertz CT molecular complexity index is 399. The summed E-state index contributed by atoms with van der Waals surface area (Å²) in [4.78, 5) is 11.6. The van der Waals surface area contributed by atoms with Gasteiger partial charge in [-0.05, 0) is 24.5 Å². The van der Waals surface area contributed by atoms with Gasteiger partial charge in [-0.1, -0.05) is 6.92 Å². The summed E-state index contributed by atoms with van der Waals surface area (Å²) in [6.45, 7) is 1.77. The number of ketones is 1. The average molecular weight is 196 g/mol. The zero-order valence-corrected chi connectivity index (χ0v) is 7.81. The Labute approximate surface area is 80.7 Å². The average Bonchev–Trinajstić information content (AvgIpc) is 2.10. The van der Waals surface area contributed by atoms with Crippen molar-refractivity contribution in [2.75, 3.05) is 0 Å². The lowest BCUT2D eigenvalue weighted by molar-refractivity contribution is 0.0909. The number of halogens is 2. The predicted octanol–water partition coefficient (Wildman–Crippen LogP) is 2.73.